The Morgan fingerprint density at radius 2 is 1.45 bits per heavy atom. The summed E-state index contributed by atoms with van der Waals surface area (Å²) in [5.41, 5.74) is 0.940. The summed E-state index contributed by atoms with van der Waals surface area (Å²) in [5.74, 6) is -0.559. The van der Waals surface area contributed by atoms with Gasteiger partial charge >= 0.3 is 11.9 Å². The molecule has 0 saturated carbocycles. The van der Waals surface area contributed by atoms with Gasteiger partial charge < -0.3 is 9.47 Å². The molecule has 0 aliphatic carbocycles. The summed E-state index contributed by atoms with van der Waals surface area (Å²) in [4.78, 5) is 23.8. The number of hydrogen-bond donors (Lipinski definition) is 0. The highest BCUT2D eigenvalue weighted by atomic mass is 16.5. The molecule has 0 aromatic carbocycles. The van der Waals surface area contributed by atoms with Gasteiger partial charge in [-0.15, -0.1) is 0 Å². The Bertz CT molecular complexity index is 342. The first-order chi connectivity index (χ1) is 9.47. The van der Waals surface area contributed by atoms with Crippen LogP contribution in [0.4, 0.5) is 0 Å². The van der Waals surface area contributed by atoms with Crippen LogP contribution >= 0.6 is 0 Å². The van der Waals surface area contributed by atoms with Gasteiger partial charge in [0, 0.05) is 11.1 Å². The van der Waals surface area contributed by atoms with Crippen LogP contribution in [0.25, 0.3) is 0 Å². The van der Waals surface area contributed by atoms with E-state index in [1.54, 1.807) is 0 Å². The van der Waals surface area contributed by atoms with Gasteiger partial charge in [0.05, 0.1) is 14.2 Å². The average molecular weight is 284 g/mol. The lowest BCUT2D eigenvalue weighted by atomic mass is 9.94. The SMILES string of the molecule is CCCCCC/C(C(=O)OC)=C(\CC(C)C)C(=O)OC. The van der Waals surface area contributed by atoms with Crippen molar-refractivity contribution in [2.75, 3.05) is 14.2 Å². The maximum absolute atomic E-state index is 11.9. The largest absolute Gasteiger partial charge is 0.466 e. The Balaban J connectivity index is 5.17. The lowest BCUT2D eigenvalue weighted by Gasteiger charge is -2.14. The number of hydrogen-bond acceptors (Lipinski definition) is 4. The van der Waals surface area contributed by atoms with E-state index in [0.29, 0.717) is 24.0 Å². The lowest BCUT2D eigenvalue weighted by Crippen LogP contribution is -2.16. The summed E-state index contributed by atoms with van der Waals surface area (Å²) in [6.45, 7) is 6.15. The van der Waals surface area contributed by atoms with Crippen LogP contribution in [0.1, 0.15) is 59.3 Å². The number of carbonyl (C=O) groups is 2. The first-order valence-corrected chi connectivity index (χ1v) is 7.36. The van der Waals surface area contributed by atoms with E-state index in [1.165, 1.54) is 14.2 Å². The van der Waals surface area contributed by atoms with E-state index in [2.05, 4.69) is 6.92 Å². The second-order valence-electron chi connectivity index (χ2n) is 5.35. The summed E-state index contributed by atoms with van der Waals surface area (Å²) in [6.07, 6.45) is 5.30. The van der Waals surface area contributed by atoms with Crippen LogP contribution < -0.4 is 0 Å². The molecule has 0 aromatic rings. The smallest absolute Gasteiger partial charge is 0.334 e. The van der Waals surface area contributed by atoms with Crippen LogP contribution in [0.2, 0.25) is 0 Å². The summed E-state index contributed by atoms with van der Waals surface area (Å²) in [6, 6.07) is 0. The van der Waals surface area contributed by atoms with E-state index in [-0.39, 0.29) is 5.92 Å². The fourth-order valence-corrected chi connectivity index (χ4v) is 2.09. The number of rotatable bonds is 9. The van der Waals surface area contributed by atoms with Gasteiger partial charge in [0.1, 0.15) is 0 Å². The lowest BCUT2D eigenvalue weighted by molar-refractivity contribution is -0.139. The molecule has 0 rings (SSSR count). The van der Waals surface area contributed by atoms with Gasteiger partial charge in [-0.1, -0.05) is 40.0 Å². The van der Waals surface area contributed by atoms with Crippen LogP contribution in [0.5, 0.6) is 0 Å². The van der Waals surface area contributed by atoms with E-state index < -0.39 is 11.9 Å². The molecule has 0 aliphatic heterocycles. The third-order valence-corrected chi connectivity index (χ3v) is 3.12. The van der Waals surface area contributed by atoms with Crippen molar-refractivity contribution in [3.63, 3.8) is 0 Å². The van der Waals surface area contributed by atoms with Gasteiger partial charge in [0.15, 0.2) is 0 Å². The maximum Gasteiger partial charge on any atom is 0.334 e. The number of ether oxygens (including phenoxy) is 2. The fourth-order valence-electron chi connectivity index (χ4n) is 2.09. The quantitative estimate of drug-likeness (QED) is 0.368. The van der Waals surface area contributed by atoms with Gasteiger partial charge in [-0.05, 0) is 25.2 Å². The normalized spacial score (nSPS) is 12.1. The van der Waals surface area contributed by atoms with Crippen molar-refractivity contribution < 1.29 is 19.1 Å². The summed E-state index contributed by atoms with van der Waals surface area (Å²) >= 11 is 0. The van der Waals surface area contributed by atoms with Crippen molar-refractivity contribution in [2.45, 2.75) is 59.3 Å². The van der Waals surface area contributed by atoms with Crippen molar-refractivity contribution >= 4 is 11.9 Å². The zero-order valence-corrected chi connectivity index (χ0v) is 13.5. The molecule has 0 bridgehead atoms. The standard InChI is InChI=1S/C16H28O4/c1-6-7-8-9-10-13(15(17)19-4)14(11-12(2)3)16(18)20-5/h12H,6-11H2,1-5H3/b14-13-. The number of carbonyl (C=O) groups excluding carboxylic acids is 2. The molecule has 0 saturated heterocycles. The second kappa shape index (κ2) is 10.5. The zero-order valence-electron chi connectivity index (χ0n) is 13.5. The minimum absolute atomic E-state index is 0.277. The highest BCUT2D eigenvalue weighted by Crippen LogP contribution is 2.22. The van der Waals surface area contributed by atoms with Crippen molar-refractivity contribution in [2.24, 2.45) is 5.92 Å². The van der Waals surface area contributed by atoms with Crippen molar-refractivity contribution in [3.05, 3.63) is 11.1 Å². The maximum atomic E-state index is 11.9. The highest BCUT2D eigenvalue weighted by molar-refractivity contribution is 6.00. The van der Waals surface area contributed by atoms with Crippen molar-refractivity contribution in [1.82, 2.24) is 0 Å². The Morgan fingerprint density at radius 3 is 1.90 bits per heavy atom. The number of esters is 2. The third kappa shape index (κ3) is 6.73. The Labute approximate surface area is 122 Å². The molecule has 0 unspecified atom stereocenters. The van der Waals surface area contributed by atoms with E-state index >= 15 is 0 Å². The van der Waals surface area contributed by atoms with Gasteiger partial charge in [0.2, 0.25) is 0 Å². The third-order valence-electron chi connectivity index (χ3n) is 3.12. The molecule has 0 aromatic heterocycles. The molecule has 20 heavy (non-hydrogen) atoms. The topological polar surface area (TPSA) is 52.6 Å². The summed E-state index contributed by atoms with van der Waals surface area (Å²) in [7, 11) is 2.69. The van der Waals surface area contributed by atoms with E-state index in [9.17, 15) is 9.59 Å². The number of unbranched alkanes of at least 4 members (excludes halogenated alkanes) is 3. The monoisotopic (exact) mass is 284 g/mol. The first-order valence-electron chi connectivity index (χ1n) is 7.36. The van der Waals surface area contributed by atoms with Crippen LogP contribution in [0, 0.1) is 5.92 Å². The molecule has 116 valence electrons. The van der Waals surface area contributed by atoms with Crippen LogP contribution in [-0.4, -0.2) is 26.2 Å². The summed E-state index contributed by atoms with van der Waals surface area (Å²) < 4.78 is 9.63. The van der Waals surface area contributed by atoms with Crippen molar-refractivity contribution in [3.8, 4) is 0 Å². The fraction of sp³-hybridized carbons (Fsp3) is 0.750. The van der Waals surface area contributed by atoms with Crippen molar-refractivity contribution in [1.29, 1.82) is 0 Å². The predicted octanol–water partition coefficient (Wildman–Crippen LogP) is 3.65. The minimum Gasteiger partial charge on any atom is -0.466 e. The number of methoxy groups -OCH3 is 2. The molecule has 0 amide bonds. The molecule has 0 N–H and O–H groups in total. The van der Waals surface area contributed by atoms with Crippen LogP contribution in [-0.2, 0) is 19.1 Å². The molecule has 0 spiro atoms. The molecular formula is C16H28O4. The predicted molar refractivity (Wildman–Crippen MR) is 79.3 cm³/mol. The summed E-state index contributed by atoms with van der Waals surface area (Å²) in [5, 5.41) is 0. The van der Waals surface area contributed by atoms with E-state index in [1.807, 2.05) is 13.8 Å². The van der Waals surface area contributed by atoms with Gasteiger partial charge in [-0.2, -0.15) is 0 Å². The zero-order chi connectivity index (χ0) is 15.5. The van der Waals surface area contributed by atoms with Gasteiger partial charge in [-0.3, -0.25) is 0 Å². The van der Waals surface area contributed by atoms with Gasteiger partial charge in [0.25, 0.3) is 0 Å². The molecule has 0 atom stereocenters. The Morgan fingerprint density at radius 1 is 0.900 bits per heavy atom. The van der Waals surface area contributed by atoms with Crippen LogP contribution in [0.15, 0.2) is 11.1 Å². The molecule has 4 heteroatoms. The molecule has 0 aliphatic rings. The average Bonchev–Trinajstić information content (AvgIpc) is 2.43. The molecular weight excluding hydrogens is 256 g/mol. The van der Waals surface area contributed by atoms with Gasteiger partial charge in [-0.25, -0.2) is 9.59 Å². The molecule has 4 nitrogen and oxygen atoms in total. The second-order valence-corrected chi connectivity index (χ2v) is 5.35. The minimum atomic E-state index is -0.422. The van der Waals surface area contributed by atoms with Crippen LogP contribution in [0.3, 0.4) is 0 Å². The Hall–Kier alpha value is -1.32. The molecule has 0 heterocycles. The molecule has 0 fully saturated rings. The Kier molecular flexibility index (Phi) is 9.77. The highest BCUT2D eigenvalue weighted by Gasteiger charge is 2.22. The molecule has 0 radical (unpaired) electrons. The van der Waals surface area contributed by atoms with E-state index in [0.717, 1.165) is 25.7 Å². The van der Waals surface area contributed by atoms with E-state index in [4.69, 9.17) is 9.47 Å². The first kappa shape index (κ1) is 18.7.